The van der Waals surface area contributed by atoms with Crippen molar-refractivity contribution in [3.05, 3.63) is 39.5 Å². The summed E-state index contributed by atoms with van der Waals surface area (Å²) in [5.74, 6) is 1.56. The standard InChI is InChI=1S/C14H19ClN4O3.C5H4Cl2N2.C5H9NO.2C4H10O/c1-14(2,3)22-13(21)17-9-6-12(20)19(7-9)11-5-8(15)4-10(16)18-11;6-3-1-4(7)9-5(8)2-3;1-4-2-5(7)6-3-4;2*1-3-5-4-2/h4-5,9H,6-7H2,1-3H3,(H2,16,18)(H,17,21);1-2H,(H2,8,9);4H,2-3H2,1H3,(H,6,7);2*3-4H2,1-2H3/t9-;;4-;;/m0.0../s1. The zero-order valence-electron chi connectivity index (χ0n) is 29.2. The summed E-state index contributed by atoms with van der Waals surface area (Å²) in [6, 6.07) is 5.78. The van der Waals surface area contributed by atoms with Gasteiger partial charge in [-0.15, -0.1) is 0 Å². The highest BCUT2D eigenvalue weighted by molar-refractivity contribution is 6.34. The third-order valence-electron chi connectivity index (χ3n) is 5.70. The van der Waals surface area contributed by atoms with E-state index in [0.29, 0.717) is 39.3 Å². The molecule has 3 amide bonds. The van der Waals surface area contributed by atoms with Crippen LogP contribution in [0, 0.1) is 5.92 Å². The fourth-order valence-electron chi connectivity index (χ4n) is 3.78. The molecule has 4 rings (SSSR count). The lowest BCUT2D eigenvalue weighted by atomic mass is 10.2. The van der Waals surface area contributed by atoms with Gasteiger partial charge in [0, 0.05) is 62.4 Å². The molecule has 2 aromatic heterocycles. The second-order valence-corrected chi connectivity index (χ2v) is 12.6. The van der Waals surface area contributed by atoms with Crippen molar-refractivity contribution in [3.63, 3.8) is 0 Å². The van der Waals surface area contributed by atoms with E-state index in [2.05, 4.69) is 27.5 Å². The Balaban J connectivity index is 0.000000692. The molecule has 4 heterocycles. The fraction of sp³-hybridized carbons (Fsp3) is 0.594. The monoisotopic (exact) mass is 735 g/mol. The highest BCUT2D eigenvalue weighted by Gasteiger charge is 2.33. The number of ether oxygens (including phenoxy) is 3. The van der Waals surface area contributed by atoms with Crippen molar-refractivity contribution < 1.29 is 28.6 Å². The van der Waals surface area contributed by atoms with Crippen molar-refractivity contribution in [3.8, 4) is 0 Å². The van der Waals surface area contributed by atoms with Gasteiger partial charge in [-0.3, -0.25) is 14.5 Å². The Morgan fingerprint density at radius 2 is 1.44 bits per heavy atom. The molecule has 13 nitrogen and oxygen atoms in total. The number of carbonyl (C=O) groups is 3. The van der Waals surface area contributed by atoms with Gasteiger partial charge in [-0.1, -0.05) is 41.7 Å². The van der Waals surface area contributed by atoms with Gasteiger partial charge in [-0.05, 0) is 78.6 Å². The SMILES string of the molecule is CC(C)(C)OC(=O)N[C@H]1CC(=O)N(c2cc(Cl)cc(N)n2)C1.CCOCC.CCOCC.C[C@@H]1CNC(=O)C1.Nc1cc(Cl)cc(Cl)n1. The summed E-state index contributed by atoms with van der Waals surface area (Å²) in [5.41, 5.74) is 10.3. The van der Waals surface area contributed by atoms with Crippen molar-refractivity contribution in [1.82, 2.24) is 20.6 Å². The van der Waals surface area contributed by atoms with Crippen LogP contribution in [-0.2, 0) is 23.8 Å². The van der Waals surface area contributed by atoms with E-state index in [1.54, 1.807) is 26.8 Å². The quantitative estimate of drug-likeness (QED) is 0.251. The average Bonchev–Trinajstić information content (AvgIpc) is 3.51. The average molecular weight is 737 g/mol. The molecular weight excluding hydrogens is 685 g/mol. The summed E-state index contributed by atoms with van der Waals surface area (Å²) in [6.07, 6.45) is 0.346. The molecule has 2 atom stereocenters. The topological polar surface area (TPSA) is 184 Å². The molecular formula is C32H52Cl3N7O6. The third kappa shape index (κ3) is 21.7. The lowest BCUT2D eigenvalue weighted by Crippen LogP contribution is -2.40. The number of nitrogens with zero attached hydrogens (tertiary/aromatic N) is 3. The molecule has 0 saturated carbocycles. The first-order valence-electron chi connectivity index (χ1n) is 15.7. The van der Waals surface area contributed by atoms with E-state index in [1.165, 1.54) is 23.1 Å². The van der Waals surface area contributed by atoms with E-state index in [0.717, 1.165) is 39.4 Å². The molecule has 2 aliphatic heterocycles. The number of hydrogen-bond acceptors (Lipinski definition) is 10. The van der Waals surface area contributed by atoms with Gasteiger partial charge in [-0.25, -0.2) is 14.8 Å². The van der Waals surface area contributed by atoms with Gasteiger partial charge in [-0.2, -0.15) is 0 Å². The van der Waals surface area contributed by atoms with E-state index < -0.39 is 11.7 Å². The lowest BCUT2D eigenvalue weighted by Gasteiger charge is -2.21. The van der Waals surface area contributed by atoms with Gasteiger partial charge >= 0.3 is 6.09 Å². The van der Waals surface area contributed by atoms with Gasteiger partial charge in [0.2, 0.25) is 11.8 Å². The van der Waals surface area contributed by atoms with Crippen molar-refractivity contribution in [1.29, 1.82) is 0 Å². The number of halogens is 3. The molecule has 0 bridgehead atoms. The molecule has 48 heavy (non-hydrogen) atoms. The number of alkyl carbamates (subject to hydrolysis) is 1. The van der Waals surface area contributed by atoms with Crippen LogP contribution in [-0.4, -0.2) is 79.0 Å². The minimum Gasteiger partial charge on any atom is -0.444 e. The fourth-order valence-corrected chi connectivity index (χ4v) is 4.48. The van der Waals surface area contributed by atoms with Crippen LogP contribution in [0.1, 0.15) is 68.2 Å². The molecule has 2 aromatic rings. The first-order chi connectivity index (χ1) is 22.4. The zero-order chi connectivity index (χ0) is 36.9. The Labute approximate surface area is 299 Å². The zero-order valence-corrected chi connectivity index (χ0v) is 31.5. The first-order valence-corrected chi connectivity index (χ1v) is 16.8. The van der Waals surface area contributed by atoms with Crippen molar-refractivity contribution in [2.75, 3.05) is 55.9 Å². The molecule has 16 heteroatoms. The Bertz CT molecular complexity index is 1190. The molecule has 2 aliphatic rings. The molecule has 0 radical (unpaired) electrons. The summed E-state index contributed by atoms with van der Waals surface area (Å²) in [4.78, 5) is 43.4. The van der Waals surface area contributed by atoms with Gasteiger partial charge in [0.25, 0.3) is 0 Å². The van der Waals surface area contributed by atoms with Crippen molar-refractivity contribution >= 4 is 70.2 Å². The van der Waals surface area contributed by atoms with Gasteiger partial charge in [0.05, 0.1) is 6.04 Å². The maximum absolute atomic E-state index is 12.1. The number of carbonyl (C=O) groups excluding carboxylic acids is 3. The number of anilines is 3. The molecule has 0 unspecified atom stereocenters. The van der Waals surface area contributed by atoms with Crippen LogP contribution in [0.2, 0.25) is 15.2 Å². The van der Waals surface area contributed by atoms with Gasteiger partial charge < -0.3 is 36.3 Å². The van der Waals surface area contributed by atoms with Crippen LogP contribution in [0.25, 0.3) is 0 Å². The smallest absolute Gasteiger partial charge is 0.407 e. The number of nitrogens with two attached hydrogens (primary N) is 2. The lowest BCUT2D eigenvalue weighted by molar-refractivity contribution is -0.119. The maximum Gasteiger partial charge on any atom is 0.407 e. The van der Waals surface area contributed by atoms with Crippen LogP contribution in [0.4, 0.5) is 22.2 Å². The number of hydrogen-bond donors (Lipinski definition) is 4. The Morgan fingerprint density at radius 1 is 0.917 bits per heavy atom. The molecule has 272 valence electrons. The predicted octanol–water partition coefficient (Wildman–Crippen LogP) is 6.15. The third-order valence-corrected chi connectivity index (χ3v) is 6.33. The minimum atomic E-state index is -0.588. The van der Waals surface area contributed by atoms with E-state index in [-0.39, 0.29) is 30.1 Å². The molecule has 2 fully saturated rings. The highest BCUT2D eigenvalue weighted by Crippen LogP contribution is 2.24. The molecule has 6 N–H and O–H groups in total. The van der Waals surface area contributed by atoms with Crippen molar-refractivity contribution in [2.45, 2.75) is 79.9 Å². The maximum atomic E-state index is 12.1. The highest BCUT2D eigenvalue weighted by atomic mass is 35.5. The molecule has 0 spiro atoms. The second kappa shape index (κ2) is 24.1. The molecule has 2 saturated heterocycles. The van der Waals surface area contributed by atoms with Crippen LogP contribution in [0.5, 0.6) is 0 Å². The van der Waals surface area contributed by atoms with Gasteiger partial charge in [0.1, 0.15) is 28.2 Å². The number of rotatable bonds is 6. The number of nitrogen functional groups attached to an aromatic ring is 2. The van der Waals surface area contributed by atoms with E-state index in [1.807, 2.05) is 27.7 Å². The molecule has 0 aliphatic carbocycles. The normalized spacial score (nSPS) is 16.4. The number of nitrogens with one attached hydrogen (secondary N) is 2. The van der Waals surface area contributed by atoms with Crippen molar-refractivity contribution in [2.24, 2.45) is 5.92 Å². The number of amides is 3. The van der Waals surface area contributed by atoms with Crippen LogP contribution < -0.4 is 27.0 Å². The summed E-state index contributed by atoms with van der Waals surface area (Å²) in [7, 11) is 0. The molecule has 0 aromatic carbocycles. The Hall–Kier alpha value is -3.10. The minimum absolute atomic E-state index is 0.157. The summed E-state index contributed by atoms with van der Waals surface area (Å²) < 4.78 is 14.8. The van der Waals surface area contributed by atoms with E-state index in [9.17, 15) is 14.4 Å². The number of aromatic nitrogens is 2. The second-order valence-electron chi connectivity index (χ2n) is 11.3. The first kappa shape index (κ1) is 44.9. The summed E-state index contributed by atoms with van der Waals surface area (Å²) >= 11 is 16.9. The van der Waals surface area contributed by atoms with E-state index in [4.69, 9.17) is 60.5 Å². The van der Waals surface area contributed by atoms with Gasteiger partial charge in [0.15, 0.2) is 0 Å². The largest absolute Gasteiger partial charge is 0.444 e. The van der Waals surface area contributed by atoms with Crippen LogP contribution in [0.15, 0.2) is 24.3 Å². The summed E-state index contributed by atoms with van der Waals surface area (Å²) in [5, 5.41) is 6.64. The Kier molecular flexibility index (Phi) is 22.5. The predicted molar refractivity (Wildman–Crippen MR) is 194 cm³/mol. The summed E-state index contributed by atoms with van der Waals surface area (Å²) in [6.45, 7) is 19.9. The van der Waals surface area contributed by atoms with E-state index >= 15 is 0 Å². The number of pyridine rings is 2. The van der Waals surface area contributed by atoms with Crippen LogP contribution >= 0.6 is 34.8 Å². The Morgan fingerprint density at radius 3 is 1.79 bits per heavy atom. The van der Waals surface area contributed by atoms with Crippen LogP contribution in [0.3, 0.4) is 0 Å².